The molecule has 0 spiro atoms. The van der Waals surface area contributed by atoms with Crippen LogP contribution in [0.5, 0.6) is 0 Å². The number of nitrogens with one attached hydrogen (secondary N) is 4. The average Bonchev–Trinajstić information content (AvgIpc) is 2.76. The minimum absolute atomic E-state index is 0.149. The highest BCUT2D eigenvalue weighted by atomic mass is 19.1. The van der Waals surface area contributed by atoms with E-state index in [0.717, 1.165) is 5.56 Å². The molecule has 15 heavy (non-hydrogen) atoms. The molecule has 0 aliphatic carbocycles. The van der Waals surface area contributed by atoms with Gasteiger partial charge in [0.1, 0.15) is 5.84 Å². The Balaban J connectivity index is 2.18. The van der Waals surface area contributed by atoms with Crippen molar-refractivity contribution < 1.29 is 4.39 Å². The Kier molecular flexibility index (Phi) is 2.29. The molecule has 0 saturated carbocycles. The van der Waals surface area contributed by atoms with Gasteiger partial charge in [-0.2, -0.15) is 4.39 Å². The summed E-state index contributed by atoms with van der Waals surface area (Å²) in [5.41, 5.74) is 1.88. The summed E-state index contributed by atoms with van der Waals surface area (Å²) in [5.74, 6) is -0.319. The van der Waals surface area contributed by atoms with Crippen LogP contribution in [0.4, 0.5) is 10.1 Å². The van der Waals surface area contributed by atoms with Gasteiger partial charge in [-0.1, -0.05) is 0 Å². The highest BCUT2D eigenvalue weighted by molar-refractivity contribution is 6.05. The molecule has 2 aromatic rings. The normalized spacial score (nSPS) is 10.3. The zero-order chi connectivity index (χ0) is 10.8. The van der Waals surface area contributed by atoms with Gasteiger partial charge in [0, 0.05) is 12.4 Å². The number of aromatic amines is 2. The van der Waals surface area contributed by atoms with Gasteiger partial charge in [0.15, 0.2) is 0 Å². The zero-order valence-electron chi connectivity index (χ0n) is 8.19. The summed E-state index contributed by atoms with van der Waals surface area (Å²) >= 11 is 0. The summed E-state index contributed by atoms with van der Waals surface area (Å²) in [4.78, 5) is 5.32. The Morgan fingerprint density at radius 3 is 2.60 bits per heavy atom. The molecule has 0 atom stereocenters. The molecule has 0 bridgehead atoms. The first-order valence-electron chi connectivity index (χ1n) is 4.51. The number of hydrogen-bond donors (Lipinski definition) is 4. The van der Waals surface area contributed by atoms with Gasteiger partial charge in [0.2, 0.25) is 5.95 Å². The Bertz CT molecular complexity index is 483. The van der Waals surface area contributed by atoms with Crippen molar-refractivity contribution in [1.29, 1.82) is 5.41 Å². The lowest BCUT2D eigenvalue weighted by Gasteiger charge is -2.05. The van der Waals surface area contributed by atoms with Gasteiger partial charge in [0.25, 0.3) is 0 Å². The third-order valence-corrected chi connectivity index (χ3v) is 2.16. The van der Waals surface area contributed by atoms with Crippen molar-refractivity contribution in [3.05, 3.63) is 41.7 Å². The third kappa shape index (κ3) is 1.76. The summed E-state index contributed by atoms with van der Waals surface area (Å²) in [6.07, 6.45) is 3.22. The first kappa shape index (κ1) is 9.51. The van der Waals surface area contributed by atoms with Crippen molar-refractivity contribution in [2.24, 2.45) is 0 Å². The van der Waals surface area contributed by atoms with Crippen LogP contribution < -0.4 is 5.32 Å². The second-order valence-corrected chi connectivity index (χ2v) is 3.24. The number of anilines is 1. The fraction of sp³-hybridized carbons (Fsp3) is 0.100. The fourth-order valence-electron chi connectivity index (χ4n) is 1.36. The SMILES string of the molecule is Cc1cc[nH]c1C(=N)Nc1cc[nH]c1F. The third-order valence-electron chi connectivity index (χ3n) is 2.16. The number of H-pyrrole nitrogens is 2. The van der Waals surface area contributed by atoms with Gasteiger partial charge in [-0.15, -0.1) is 0 Å². The number of amidine groups is 1. The van der Waals surface area contributed by atoms with Crippen LogP contribution in [0.2, 0.25) is 0 Å². The van der Waals surface area contributed by atoms with Crippen molar-refractivity contribution in [3.8, 4) is 0 Å². The fourth-order valence-corrected chi connectivity index (χ4v) is 1.36. The Morgan fingerprint density at radius 2 is 2.07 bits per heavy atom. The van der Waals surface area contributed by atoms with E-state index in [4.69, 9.17) is 5.41 Å². The van der Waals surface area contributed by atoms with Crippen molar-refractivity contribution in [2.75, 3.05) is 5.32 Å². The second-order valence-electron chi connectivity index (χ2n) is 3.24. The van der Waals surface area contributed by atoms with E-state index < -0.39 is 5.95 Å². The van der Waals surface area contributed by atoms with Crippen LogP contribution in [-0.2, 0) is 0 Å². The highest BCUT2D eigenvalue weighted by Gasteiger charge is 2.09. The molecule has 0 saturated heterocycles. The van der Waals surface area contributed by atoms with Crippen LogP contribution in [0.3, 0.4) is 0 Å². The molecule has 4 nitrogen and oxygen atoms in total. The van der Waals surface area contributed by atoms with Gasteiger partial charge in [-0.25, -0.2) is 0 Å². The minimum atomic E-state index is -0.469. The minimum Gasteiger partial charge on any atom is -0.358 e. The zero-order valence-corrected chi connectivity index (χ0v) is 8.19. The van der Waals surface area contributed by atoms with Crippen molar-refractivity contribution in [1.82, 2.24) is 9.97 Å². The smallest absolute Gasteiger partial charge is 0.214 e. The number of aromatic nitrogens is 2. The first-order chi connectivity index (χ1) is 7.18. The molecule has 2 rings (SSSR count). The highest BCUT2D eigenvalue weighted by Crippen LogP contribution is 2.13. The van der Waals surface area contributed by atoms with E-state index >= 15 is 0 Å². The quantitative estimate of drug-likeness (QED) is 0.441. The molecule has 2 heterocycles. The molecule has 0 aromatic carbocycles. The molecule has 78 valence electrons. The molecule has 0 fully saturated rings. The van der Waals surface area contributed by atoms with Gasteiger partial charge >= 0.3 is 0 Å². The van der Waals surface area contributed by atoms with Crippen LogP contribution in [0.25, 0.3) is 0 Å². The average molecular weight is 206 g/mol. The lowest BCUT2D eigenvalue weighted by Crippen LogP contribution is -2.13. The number of hydrogen-bond acceptors (Lipinski definition) is 1. The summed E-state index contributed by atoms with van der Waals surface area (Å²) in [7, 11) is 0. The Hall–Kier alpha value is -2.04. The van der Waals surface area contributed by atoms with Crippen molar-refractivity contribution >= 4 is 11.5 Å². The van der Waals surface area contributed by atoms with E-state index in [-0.39, 0.29) is 11.5 Å². The lowest BCUT2D eigenvalue weighted by molar-refractivity contribution is 0.595. The van der Waals surface area contributed by atoms with E-state index in [0.29, 0.717) is 5.69 Å². The summed E-state index contributed by atoms with van der Waals surface area (Å²) in [5, 5.41) is 10.4. The maximum absolute atomic E-state index is 13.0. The Morgan fingerprint density at radius 1 is 1.33 bits per heavy atom. The predicted molar refractivity (Wildman–Crippen MR) is 56.7 cm³/mol. The van der Waals surface area contributed by atoms with Gasteiger partial charge in [0.05, 0.1) is 11.4 Å². The molecule has 0 unspecified atom stereocenters. The van der Waals surface area contributed by atoms with E-state index in [1.54, 1.807) is 12.3 Å². The van der Waals surface area contributed by atoms with Gasteiger partial charge < -0.3 is 15.3 Å². The van der Waals surface area contributed by atoms with Gasteiger partial charge in [-0.05, 0) is 24.6 Å². The summed E-state index contributed by atoms with van der Waals surface area (Å²) in [6.45, 7) is 1.88. The van der Waals surface area contributed by atoms with Crippen LogP contribution in [-0.4, -0.2) is 15.8 Å². The van der Waals surface area contributed by atoms with Crippen LogP contribution in [0.1, 0.15) is 11.3 Å². The van der Waals surface area contributed by atoms with Crippen LogP contribution >= 0.6 is 0 Å². The van der Waals surface area contributed by atoms with Crippen molar-refractivity contribution in [2.45, 2.75) is 6.92 Å². The lowest BCUT2D eigenvalue weighted by atomic mass is 10.2. The number of aryl methyl sites for hydroxylation is 1. The summed E-state index contributed by atoms with van der Waals surface area (Å²) in [6, 6.07) is 3.40. The number of rotatable bonds is 2. The van der Waals surface area contributed by atoms with Gasteiger partial charge in [-0.3, -0.25) is 5.41 Å². The molecule has 5 heteroatoms. The van der Waals surface area contributed by atoms with E-state index in [9.17, 15) is 4.39 Å². The molecule has 0 amide bonds. The maximum Gasteiger partial charge on any atom is 0.214 e. The molecule has 0 radical (unpaired) electrons. The summed E-state index contributed by atoms with van der Waals surface area (Å²) < 4.78 is 13.0. The Labute approximate surface area is 86.0 Å². The van der Waals surface area contributed by atoms with Crippen LogP contribution in [0, 0.1) is 18.3 Å². The van der Waals surface area contributed by atoms with Crippen molar-refractivity contribution in [3.63, 3.8) is 0 Å². The second kappa shape index (κ2) is 3.61. The molecule has 2 aromatic heterocycles. The standard InChI is InChI=1S/C10H11FN4/c1-6-2-4-13-8(6)10(12)15-7-3-5-14-9(7)11/h2-5,13-14H,1H3,(H2,12,15). The monoisotopic (exact) mass is 206 g/mol. The van der Waals surface area contributed by atoms with E-state index in [2.05, 4.69) is 15.3 Å². The predicted octanol–water partition coefficient (Wildman–Crippen LogP) is 2.23. The largest absolute Gasteiger partial charge is 0.358 e. The van der Waals surface area contributed by atoms with Crippen LogP contribution in [0.15, 0.2) is 24.5 Å². The molecule has 4 N–H and O–H groups in total. The topological polar surface area (TPSA) is 67.5 Å². The molecular weight excluding hydrogens is 195 g/mol. The first-order valence-corrected chi connectivity index (χ1v) is 4.51. The number of halogens is 1. The molecular formula is C10H11FN4. The molecule has 0 aliphatic rings. The van der Waals surface area contributed by atoms with E-state index in [1.165, 1.54) is 6.20 Å². The molecule has 0 aliphatic heterocycles. The maximum atomic E-state index is 13.0. The van der Waals surface area contributed by atoms with E-state index in [1.807, 2.05) is 13.0 Å².